The van der Waals surface area contributed by atoms with Gasteiger partial charge < -0.3 is 10.5 Å². The molecule has 0 heterocycles. The topological polar surface area (TPSA) is 78.4 Å². The summed E-state index contributed by atoms with van der Waals surface area (Å²) in [5, 5.41) is 10.8. The fourth-order valence-electron chi connectivity index (χ4n) is 1.23. The number of hydrogen-bond acceptors (Lipinski definition) is 4. The first-order valence-electron chi connectivity index (χ1n) is 4.97. The Hall–Kier alpha value is -1.62. The molecule has 2 N–H and O–H groups in total. The second-order valence-electron chi connectivity index (χ2n) is 4.46. The standard InChI is InChI=1S/C11H16N2O3/c1-8-5-4-6-9(13(14)15)10(8)16-7-11(2,3)12/h4-6H,7,12H2,1-3H3. The molecular formula is C11H16N2O3. The van der Waals surface area contributed by atoms with Gasteiger partial charge in [0.25, 0.3) is 0 Å². The van der Waals surface area contributed by atoms with Crippen LogP contribution in [0.4, 0.5) is 5.69 Å². The predicted molar refractivity (Wildman–Crippen MR) is 61.6 cm³/mol. The molecule has 0 spiro atoms. The second-order valence-corrected chi connectivity index (χ2v) is 4.46. The van der Waals surface area contributed by atoms with Crippen molar-refractivity contribution in [3.05, 3.63) is 33.9 Å². The first-order valence-corrected chi connectivity index (χ1v) is 4.97. The minimum atomic E-state index is -0.518. The summed E-state index contributed by atoms with van der Waals surface area (Å²) >= 11 is 0. The SMILES string of the molecule is Cc1cccc([N+](=O)[O-])c1OCC(C)(C)N. The molecule has 0 aliphatic rings. The molecule has 16 heavy (non-hydrogen) atoms. The van der Waals surface area contributed by atoms with Crippen molar-refractivity contribution in [3.8, 4) is 5.75 Å². The van der Waals surface area contributed by atoms with Crippen LogP contribution in [0.15, 0.2) is 18.2 Å². The number of nitro benzene ring substituents is 1. The van der Waals surface area contributed by atoms with Gasteiger partial charge in [-0.2, -0.15) is 0 Å². The van der Waals surface area contributed by atoms with Gasteiger partial charge in [0.05, 0.1) is 4.92 Å². The lowest BCUT2D eigenvalue weighted by atomic mass is 10.1. The summed E-state index contributed by atoms with van der Waals surface area (Å²) < 4.78 is 5.43. The van der Waals surface area contributed by atoms with Crippen LogP contribution in [-0.4, -0.2) is 17.1 Å². The molecule has 0 unspecified atom stereocenters. The highest BCUT2D eigenvalue weighted by Crippen LogP contribution is 2.30. The Morgan fingerprint density at radius 1 is 1.50 bits per heavy atom. The largest absolute Gasteiger partial charge is 0.485 e. The van der Waals surface area contributed by atoms with E-state index in [-0.39, 0.29) is 12.3 Å². The van der Waals surface area contributed by atoms with Gasteiger partial charge in [0.1, 0.15) is 6.61 Å². The van der Waals surface area contributed by atoms with Gasteiger partial charge in [0, 0.05) is 11.6 Å². The summed E-state index contributed by atoms with van der Waals surface area (Å²) in [6.45, 7) is 5.61. The van der Waals surface area contributed by atoms with Gasteiger partial charge in [0.2, 0.25) is 0 Å². The summed E-state index contributed by atoms with van der Waals surface area (Å²) in [7, 11) is 0. The van der Waals surface area contributed by atoms with Gasteiger partial charge in [-0.25, -0.2) is 0 Å². The molecule has 0 bridgehead atoms. The summed E-state index contributed by atoms with van der Waals surface area (Å²) in [5.74, 6) is 0.297. The molecule has 88 valence electrons. The molecule has 0 saturated carbocycles. The van der Waals surface area contributed by atoms with Gasteiger partial charge in [-0.15, -0.1) is 0 Å². The molecule has 0 aliphatic heterocycles. The van der Waals surface area contributed by atoms with Crippen LogP contribution in [0.3, 0.4) is 0 Å². The lowest BCUT2D eigenvalue weighted by Crippen LogP contribution is -2.38. The van der Waals surface area contributed by atoms with E-state index in [1.165, 1.54) is 6.07 Å². The van der Waals surface area contributed by atoms with Crippen molar-refractivity contribution in [2.45, 2.75) is 26.3 Å². The number of para-hydroxylation sites is 1. The lowest BCUT2D eigenvalue weighted by Gasteiger charge is -2.19. The minimum Gasteiger partial charge on any atom is -0.485 e. The number of aryl methyl sites for hydroxylation is 1. The molecule has 1 aromatic carbocycles. The Morgan fingerprint density at radius 2 is 2.12 bits per heavy atom. The maximum Gasteiger partial charge on any atom is 0.311 e. The monoisotopic (exact) mass is 224 g/mol. The average molecular weight is 224 g/mol. The van der Waals surface area contributed by atoms with Crippen LogP contribution in [0.25, 0.3) is 0 Å². The molecule has 1 aromatic rings. The van der Waals surface area contributed by atoms with E-state index in [9.17, 15) is 10.1 Å². The Kier molecular flexibility index (Phi) is 3.49. The highest BCUT2D eigenvalue weighted by atomic mass is 16.6. The van der Waals surface area contributed by atoms with Crippen LogP contribution in [0.1, 0.15) is 19.4 Å². The molecular weight excluding hydrogens is 208 g/mol. The molecule has 1 rings (SSSR count). The molecule has 0 radical (unpaired) electrons. The Bertz CT molecular complexity index is 397. The summed E-state index contributed by atoms with van der Waals surface area (Å²) in [6.07, 6.45) is 0. The molecule has 5 nitrogen and oxygen atoms in total. The van der Waals surface area contributed by atoms with Crippen LogP contribution in [-0.2, 0) is 0 Å². The van der Waals surface area contributed by atoms with E-state index in [1.807, 2.05) is 0 Å². The highest BCUT2D eigenvalue weighted by Gasteiger charge is 2.19. The minimum absolute atomic E-state index is 0.0238. The van der Waals surface area contributed by atoms with Crippen molar-refractivity contribution >= 4 is 5.69 Å². The van der Waals surface area contributed by atoms with Crippen molar-refractivity contribution in [2.24, 2.45) is 5.73 Å². The molecule has 5 heteroatoms. The molecule has 0 aliphatic carbocycles. The first-order chi connectivity index (χ1) is 7.31. The number of hydrogen-bond donors (Lipinski definition) is 1. The highest BCUT2D eigenvalue weighted by molar-refractivity contribution is 5.51. The average Bonchev–Trinajstić information content (AvgIpc) is 2.13. The fraction of sp³-hybridized carbons (Fsp3) is 0.455. The molecule has 0 fully saturated rings. The molecule has 0 saturated heterocycles. The van der Waals surface area contributed by atoms with E-state index in [0.29, 0.717) is 5.75 Å². The van der Waals surface area contributed by atoms with E-state index < -0.39 is 10.5 Å². The molecule has 0 amide bonds. The van der Waals surface area contributed by atoms with Crippen molar-refractivity contribution in [3.63, 3.8) is 0 Å². The summed E-state index contributed by atoms with van der Waals surface area (Å²) in [6, 6.07) is 4.83. The van der Waals surface area contributed by atoms with Gasteiger partial charge in [-0.1, -0.05) is 12.1 Å². The van der Waals surface area contributed by atoms with E-state index in [0.717, 1.165) is 5.56 Å². The molecule has 0 aromatic heterocycles. The number of benzene rings is 1. The number of nitrogens with two attached hydrogens (primary N) is 1. The van der Waals surface area contributed by atoms with Gasteiger partial charge in [0.15, 0.2) is 5.75 Å². The smallest absolute Gasteiger partial charge is 0.311 e. The number of nitro groups is 1. The first kappa shape index (κ1) is 12.4. The quantitative estimate of drug-likeness (QED) is 0.626. The number of ether oxygens (including phenoxy) is 1. The van der Waals surface area contributed by atoms with Crippen molar-refractivity contribution in [1.82, 2.24) is 0 Å². The number of rotatable bonds is 4. The summed E-state index contributed by atoms with van der Waals surface area (Å²) in [4.78, 5) is 10.3. The van der Waals surface area contributed by atoms with E-state index in [2.05, 4.69) is 0 Å². The van der Waals surface area contributed by atoms with Crippen LogP contribution in [0.5, 0.6) is 5.75 Å². The third-order valence-corrected chi connectivity index (χ3v) is 1.98. The Morgan fingerprint density at radius 3 is 2.62 bits per heavy atom. The Balaban J connectivity index is 2.98. The molecule has 0 atom stereocenters. The van der Waals surface area contributed by atoms with Gasteiger partial charge in [-0.05, 0) is 26.3 Å². The van der Waals surface area contributed by atoms with E-state index >= 15 is 0 Å². The van der Waals surface area contributed by atoms with Crippen LogP contribution in [0.2, 0.25) is 0 Å². The van der Waals surface area contributed by atoms with Gasteiger partial charge >= 0.3 is 5.69 Å². The predicted octanol–water partition coefficient (Wildman–Crippen LogP) is 2.02. The zero-order valence-corrected chi connectivity index (χ0v) is 9.69. The zero-order chi connectivity index (χ0) is 12.3. The third-order valence-electron chi connectivity index (χ3n) is 1.98. The maximum atomic E-state index is 10.8. The maximum absolute atomic E-state index is 10.8. The summed E-state index contributed by atoms with van der Waals surface area (Å²) in [5.41, 5.74) is 5.96. The zero-order valence-electron chi connectivity index (χ0n) is 9.69. The normalized spacial score (nSPS) is 11.2. The Labute approximate surface area is 94.4 Å². The fourth-order valence-corrected chi connectivity index (χ4v) is 1.23. The van der Waals surface area contributed by atoms with Crippen molar-refractivity contribution in [1.29, 1.82) is 0 Å². The van der Waals surface area contributed by atoms with Crippen molar-refractivity contribution in [2.75, 3.05) is 6.61 Å². The van der Waals surface area contributed by atoms with Crippen molar-refractivity contribution < 1.29 is 9.66 Å². The lowest BCUT2D eigenvalue weighted by molar-refractivity contribution is -0.386. The second kappa shape index (κ2) is 4.49. The van der Waals surface area contributed by atoms with Crippen LogP contribution >= 0.6 is 0 Å². The third kappa shape index (κ3) is 3.20. The van der Waals surface area contributed by atoms with E-state index in [1.54, 1.807) is 32.9 Å². The van der Waals surface area contributed by atoms with Gasteiger partial charge in [-0.3, -0.25) is 10.1 Å². The van der Waals surface area contributed by atoms with Crippen LogP contribution in [0, 0.1) is 17.0 Å². The number of nitrogens with zero attached hydrogens (tertiary/aromatic N) is 1. The van der Waals surface area contributed by atoms with Crippen LogP contribution < -0.4 is 10.5 Å². The van der Waals surface area contributed by atoms with E-state index in [4.69, 9.17) is 10.5 Å².